The van der Waals surface area contributed by atoms with Crippen molar-refractivity contribution in [3.63, 3.8) is 0 Å². The lowest BCUT2D eigenvalue weighted by atomic mass is 10.1. The van der Waals surface area contributed by atoms with E-state index < -0.39 is 30.8 Å². The lowest BCUT2D eigenvalue weighted by Crippen LogP contribution is -2.43. The van der Waals surface area contributed by atoms with Gasteiger partial charge in [-0.1, -0.05) is 5.92 Å². The molecule has 98 valence electrons. The van der Waals surface area contributed by atoms with Crippen LogP contribution in [0.3, 0.4) is 0 Å². The summed E-state index contributed by atoms with van der Waals surface area (Å²) in [4.78, 5) is 11.1. The van der Waals surface area contributed by atoms with Gasteiger partial charge in [-0.05, 0) is 20.8 Å². The van der Waals surface area contributed by atoms with E-state index in [1.165, 1.54) is 0 Å². The van der Waals surface area contributed by atoms with Crippen LogP contribution >= 0.6 is 0 Å². The van der Waals surface area contributed by atoms with Gasteiger partial charge in [-0.3, -0.25) is 0 Å². The van der Waals surface area contributed by atoms with Gasteiger partial charge in [0.25, 0.3) is 0 Å². The summed E-state index contributed by atoms with van der Waals surface area (Å²) in [7, 11) is 0. The highest BCUT2D eigenvalue weighted by Crippen LogP contribution is 2.14. The normalized spacial score (nSPS) is 11.8. The van der Waals surface area contributed by atoms with Gasteiger partial charge < -0.3 is 14.8 Å². The van der Waals surface area contributed by atoms with Crippen LogP contribution in [-0.2, 0) is 9.47 Å². The van der Waals surface area contributed by atoms with Crippen molar-refractivity contribution in [2.24, 2.45) is 0 Å². The van der Waals surface area contributed by atoms with Crippen molar-refractivity contribution >= 4 is 6.09 Å². The van der Waals surface area contributed by atoms with E-state index in [1.54, 1.807) is 20.8 Å². The smallest absolute Gasteiger partial charge is 0.407 e. The third-order valence-electron chi connectivity index (χ3n) is 1.39. The van der Waals surface area contributed by atoms with Crippen LogP contribution in [0.1, 0.15) is 20.8 Å². The second-order valence-electron chi connectivity index (χ2n) is 4.50. The monoisotopic (exact) mass is 249 g/mol. The number of alkyl carbamates (subject to hydrolysis) is 1. The molecule has 0 aromatic heterocycles. The fourth-order valence-corrected chi connectivity index (χ4v) is 0.814. The van der Waals surface area contributed by atoms with Crippen LogP contribution in [0.5, 0.6) is 0 Å². The molecule has 0 aliphatic heterocycles. The minimum Gasteiger partial charge on any atom is -0.443 e. The fourth-order valence-electron chi connectivity index (χ4n) is 0.814. The van der Waals surface area contributed by atoms with E-state index >= 15 is 0 Å². The van der Waals surface area contributed by atoms with Gasteiger partial charge in [0.05, 0.1) is 0 Å². The average molecular weight is 249 g/mol. The molecule has 0 unspecified atom stereocenters. The molecule has 0 saturated carbocycles. The molecule has 1 N–H and O–H groups in total. The minimum absolute atomic E-state index is 0.205. The number of halogens is 2. The highest BCUT2D eigenvalue weighted by Gasteiger charge is 2.31. The molecule has 17 heavy (non-hydrogen) atoms. The molecule has 0 heterocycles. The molecule has 0 bridgehead atoms. The number of ether oxygens (including phenoxy) is 2. The Kier molecular flexibility index (Phi) is 5.89. The quantitative estimate of drug-likeness (QED) is 0.597. The van der Waals surface area contributed by atoms with Crippen molar-refractivity contribution < 1.29 is 23.0 Å². The Hall–Kier alpha value is -1.35. The molecule has 0 rings (SSSR count). The summed E-state index contributed by atoms with van der Waals surface area (Å²) < 4.78 is 34.9. The van der Waals surface area contributed by atoms with E-state index in [0.29, 0.717) is 0 Å². The second-order valence-corrected chi connectivity index (χ2v) is 4.50. The van der Waals surface area contributed by atoms with E-state index in [9.17, 15) is 13.6 Å². The molecule has 0 saturated heterocycles. The maximum absolute atomic E-state index is 13.0. The molecule has 0 fully saturated rings. The Balaban J connectivity index is 3.93. The highest BCUT2D eigenvalue weighted by molar-refractivity contribution is 5.68. The number of nitrogens with one attached hydrogen (secondary N) is 1. The van der Waals surface area contributed by atoms with Gasteiger partial charge in [0.1, 0.15) is 13.2 Å². The van der Waals surface area contributed by atoms with Crippen LogP contribution in [0.4, 0.5) is 13.6 Å². The standard InChI is InChI=1S/C11H17F2NO3/c1-5-6-16-7-11(12,13)8-17-9(15)14-10(2,3)4/h1H,6-8H2,2-4H3,(H,14,15). The van der Waals surface area contributed by atoms with Gasteiger partial charge in [0, 0.05) is 5.54 Å². The SMILES string of the molecule is C#CCOCC(F)(F)COC(=O)NC(C)(C)C. The maximum atomic E-state index is 13.0. The zero-order valence-electron chi connectivity index (χ0n) is 10.2. The first-order chi connectivity index (χ1) is 7.66. The van der Waals surface area contributed by atoms with Crippen LogP contribution < -0.4 is 5.32 Å². The van der Waals surface area contributed by atoms with E-state index in [4.69, 9.17) is 6.42 Å². The van der Waals surface area contributed by atoms with Gasteiger partial charge >= 0.3 is 12.0 Å². The molecule has 0 aliphatic rings. The van der Waals surface area contributed by atoms with Crippen molar-refractivity contribution in [1.29, 1.82) is 0 Å². The summed E-state index contributed by atoms with van der Waals surface area (Å²) in [6, 6.07) is 0. The van der Waals surface area contributed by atoms with E-state index in [0.717, 1.165) is 0 Å². The van der Waals surface area contributed by atoms with Crippen LogP contribution in [0.15, 0.2) is 0 Å². The lowest BCUT2D eigenvalue weighted by molar-refractivity contribution is -0.104. The van der Waals surface area contributed by atoms with E-state index in [2.05, 4.69) is 20.7 Å². The van der Waals surface area contributed by atoms with Gasteiger partial charge in [0.2, 0.25) is 0 Å². The third kappa shape index (κ3) is 9.57. The number of hydrogen-bond acceptors (Lipinski definition) is 3. The molecular weight excluding hydrogens is 232 g/mol. The predicted octanol–water partition coefficient (Wildman–Crippen LogP) is 1.80. The van der Waals surface area contributed by atoms with Crippen molar-refractivity contribution in [3.05, 3.63) is 0 Å². The zero-order chi connectivity index (χ0) is 13.5. The summed E-state index contributed by atoms with van der Waals surface area (Å²) in [6.07, 6.45) is 3.94. The Bertz CT molecular complexity index is 292. The molecule has 0 aliphatic carbocycles. The number of amides is 1. The Labute approximate surface area is 99.7 Å². The Morgan fingerprint density at radius 2 is 1.94 bits per heavy atom. The number of hydrogen-bond donors (Lipinski definition) is 1. The predicted molar refractivity (Wildman–Crippen MR) is 58.8 cm³/mol. The molecule has 0 aromatic carbocycles. The number of terminal acetylenes is 1. The molecule has 0 radical (unpaired) electrons. The third-order valence-corrected chi connectivity index (χ3v) is 1.39. The maximum Gasteiger partial charge on any atom is 0.407 e. The van der Waals surface area contributed by atoms with Gasteiger partial charge in [0.15, 0.2) is 6.61 Å². The number of carbonyl (C=O) groups is 1. The summed E-state index contributed by atoms with van der Waals surface area (Å²) >= 11 is 0. The van der Waals surface area contributed by atoms with Crippen molar-refractivity contribution in [1.82, 2.24) is 5.32 Å². The molecule has 1 amide bonds. The number of alkyl halides is 2. The molecule has 0 atom stereocenters. The van der Waals surface area contributed by atoms with E-state index in [-0.39, 0.29) is 6.61 Å². The number of carbonyl (C=O) groups excluding carboxylic acids is 1. The minimum atomic E-state index is -3.24. The summed E-state index contributed by atoms with van der Waals surface area (Å²) in [5.41, 5.74) is -0.535. The zero-order valence-corrected chi connectivity index (χ0v) is 10.2. The van der Waals surface area contributed by atoms with Crippen LogP contribution in [0.25, 0.3) is 0 Å². The Morgan fingerprint density at radius 1 is 1.35 bits per heavy atom. The van der Waals surface area contributed by atoms with Crippen molar-refractivity contribution in [2.45, 2.75) is 32.2 Å². The molecule has 4 nitrogen and oxygen atoms in total. The fraction of sp³-hybridized carbons (Fsp3) is 0.727. The van der Waals surface area contributed by atoms with Gasteiger partial charge in [-0.2, -0.15) is 0 Å². The van der Waals surface area contributed by atoms with Crippen LogP contribution in [0.2, 0.25) is 0 Å². The van der Waals surface area contributed by atoms with Gasteiger partial charge in [-0.25, -0.2) is 13.6 Å². The second kappa shape index (κ2) is 6.40. The first-order valence-electron chi connectivity index (χ1n) is 5.00. The largest absolute Gasteiger partial charge is 0.443 e. The summed E-state index contributed by atoms with van der Waals surface area (Å²) in [6.45, 7) is 3.01. The molecule has 0 spiro atoms. The van der Waals surface area contributed by atoms with E-state index in [1.807, 2.05) is 0 Å². The molecule has 0 aromatic rings. The summed E-state index contributed by atoms with van der Waals surface area (Å²) in [5, 5.41) is 2.39. The first kappa shape index (κ1) is 15.7. The first-order valence-corrected chi connectivity index (χ1v) is 5.00. The van der Waals surface area contributed by atoms with Crippen LogP contribution in [-0.4, -0.2) is 37.4 Å². The van der Waals surface area contributed by atoms with Gasteiger partial charge in [-0.15, -0.1) is 6.42 Å². The molecular formula is C11H17F2NO3. The lowest BCUT2D eigenvalue weighted by Gasteiger charge is -2.21. The summed E-state index contributed by atoms with van der Waals surface area (Å²) in [5.74, 6) is -1.18. The number of rotatable bonds is 5. The van der Waals surface area contributed by atoms with Crippen LogP contribution in [0, 0.1) is 12.3 Å². The topological polar surface area (TPSA) is 47.6 Å². The molecule has 6 heteroatoms. The van der Waals surface area contributed by atoms with Crippen molar-refractivity contribution in [2.75, 3.05) is 19.8 Å². The highest BCUT2D eigenvalue weighted by atomic mass is 19.3. The van der Waals surface area contributed by atoms with Crippen molar-refractivity contribution in [3.8, 4) is 12.3 Å². The average Bonchev–Trinajstić information content (AvgIpc) is 2.13. The Morgan fingerprint density at radius 3 is 2.41 bits per heavy atom.